The molecule has 0 atom stereocenters. The average Bonchev–Trinajstić information content (AvgIpc) is 2.78. The van der Waals surface area contributed by atoms with Gasteiger partial charge in [-0.15, -0.1) is 0 Å². The molecular formula is C14H12ClN3O3. The van der Waals surface area contributed by atoms with Crippen LogP contribution in [0.25, 0.3) is 5.69 Å². The summed E-state index contributed by atoms with van der Waals surface area (Å²) in [7, 11) is 1.20. The summed E-state index contributed by atoms with van der Waals surface area (Å²) >= 11 is 6.05. The van der Waals surface area contributed by atoms with Crippen molar-refractivity contribution in [2.45, 2.75) is 6.92 Å². The van der Waals surface area contributed by atoms with Crippen LogP contribution in [-0.2, 0) is 4.74 Å². The zero-order chi connectivity index (χ0) is 15.7. The number of aromatic nitrogens is 1. The maximum Gasteiger partial charge on any atom is 0.357 e. The smallest absolute Gasteiger partial charge is 0.357 e. The molecule has 2 rings (SSSR count). The zero-order valence-electron chi connectivity index (χ0n) is 11.3. The Kier molecular flexibility index (Phi) is 3.78. The van der Waals surface area contributed by atoms with Crippen LogP contribution < -0.4 is 5.73 Å². The Morgan fingerprint density at radius 2 is 2.19 bits per heavy atom. The van der Waals surface area contributed by atoms with Crippen molar-refractivity contribution >= 4 is 23.3 Å². The Bertz CT molecular complexity index is 775. The fourth-order valence-electron chi connectivity index (χ4n) is 1.95. The van der Waals surface area contributed by atoms with Gasteiger partial charge in [0.05, 0.1) is 24.0 Å². The highest BCUT2D eigenvalue weighted by Crippen LogP contribution is 2.32. The lowest BCUT2D eigenvalue weighted by molar-refractivity contribution is 0.0593. The van der Waals surface area contributed by atoms with Gasteiger partial charge in [0.25, 0.3) is 0 Å². The van der Waals surface area contributed by atoms with Crippen molar-refractivity contribution in [3.8, 4) is 17.5 Å². The molecule has 0 aliphatic rings. The molecule has 0 bridgehead atoms. The van der Waals surface area contributed by atoms with E-state index in [4.69, 9.17) is 22.6 Å². The van der Waals surface area contributed by atoms with Crippen molar-refractivity contribution < 1.29 is 14.6 Å². The largest absolute Gasteiger partial charge is 0.506 e. The molecule has 108 valence electrons. The van der Waals surface area contributed by atoms with Gasteiger partial charge in [-0.25, -0.2) is 4.79 Å². The lowest BCUT2D eigenvalue weighted by atomic mass is 10.2. The fourth-order valence-corrected chi connectivity index (χ4v) is 2.11. The number of nitrogen functional groups attached to an aromatic ring is 1. The average molecular weight is 306 g/mol. The minimum Gasteiger partial charge on any atom is -0.506 e. The number of anilines is 1. The summed E-state index contributed by atoms with van der Waals surface area (Å²) in [6.07, 6.45) is 1.35. The van der Waals surface area contributed by atoms with E-state index < -0.39 is 5.97 Å². The van der Waals surface area contributed by atoms with Crippen molar-refractivity contribution in [2.24, 2.45) is 0 Å². The molecule has 0 unspecified atom stereocenters. The second-order valence-electron chi connectivity index (χ2n) is 4.37. The lowest BCUT2D eigenvalue weighted by Crippen LogP contribution is -2.11. The third-order valence-electron chi connectivity index (χ3n) is 3.06. The number of carbonyl (C=O) groups excluding carboxylic acids is 1. The van der Waals surface area contributed by atoms with Crippen molar-refractivity contribution in [1.82, 2.24) is 4.57 Å². The van der Waals surface area contributed by atoms with Gasteiger partial charge >= 0.3 is 5.97 Å². The molecule has 1 aromatic heterocycles. The summed E-state index contributed by atoms with van der Waals surface area (Å²) in [5.41, 5.74) is 6.75. The Hall–Kier alpha value is -2.65. The van der Waals surface area contributed by atoms with Crippen LogP contribution in [0.2, 0.25) is 5.02 Å². The molecule has 0 aliphatic carbocycles. The highest BCUT2D eigenvalue weighted by atomic mass is 35.5. The number of halogens is 1. The Morgan fingerprint density at radius 1 is 1.52 bits per heavy atom. The van der Waals surface area contributed by atoms with Gasteiger partial charge in [-0.05, 0) is 24.6 Å². The lowest BCUT2D eigenvalue weighted by Gasteiger charge is -2.11. The number of aryl methyl sites for hydroxylation is 1. The number of benzene rings is 1. The van der Waals surface area contributed by atoms with Crippen molar-refractivity contribution in [2.75, 3.05) is 12.8 Å². The SMILES string of the molecule is COC(=O)c1c(N)c(C#N)cn1-c1cc(Cl)c(C)cc1O. The number of hydrogen-bond donors (Lipinski definition) is 2. The Balaban J connectivity index is 2.78. The maximum atomic E-state index is 11.9. The van der Waals surface area contributed by atoms with E-state index in [2.05, 4.69) is 4.74 Å². The standard InChI is InChI=1S/C14H12ClN3O3/c1-7-3-11(19)10(4-9(7)15)18-6-8(5-16)12(17)13(18)14(20)21-2/h3-4,6,19H,17H2,1-2H3. The molecule has 1 aromatic carbocycles. The summed E-state index contributed by atoms with van der Waals surface area (Å²) in [5.74, 6) is -0.813. The predicted octanol–water partition coefficient (Wildman–Crippen LogP) is 2.39. The van der Waals surface area contributed by atoms with Gasteiger partial charge in [0.15, 0.2) is 5.69 Å². The van der Waals surface area contributed by atoms with E-state index in [-0.39, 0.29) is 28.4 Å². The number of hydrogen-bond acceptors (Lipinski definition) is 5. The van der Waals surface area contributed by atoms with E-state index in [1.165, 1.54) is 30.0 Å². The molecule has 0 radical (unpaired) electrons. The number of rotatable bonds is 2. The number of carbonyl (C=O) groups is 1. The quantitative estimate of drug-likeness (QED) is 0.829. The maximum absolute atomic E-state index is 11.9. The third kappa shape index (κ3) is 2.39. The van der Waals surface area contributed by atoms with Crippen LogP contribution in [0.3, 0.4) is 0 Å². The van der Waals surface area contributed by atoms with E-state index in [9.17, 15) is 9.90 Å². The highest BCUT2D eigenvalue weighted by molar-refractivity contribution is 6.31. The molecule has 0 fully saturated rings. The molecule has 21 heavy (non-hydrogen) atoms. The predicted molar refractivity (Wildman–Crippen MR) is 77.6 cm³/mol. The molecule has 0 aliphatic heterocycles. The number of nitrogens with two attached hydrogens (primary N) is 1. The monoisotopic (exact) mass is 305 g/mol. The van der Waals surface area contributed by atoms with Crippen molar-refractivity contribution in [3.05, 3.63) is 40.2 Å². The van der Waals surface area contributed by atoms with Gasteiger partial charge in [0.1, 0.15) is 11.8 Å². The second kappa shape index (κ2) is 5.38. The molecule has 0 spiro atoms. The van der Waals surface area contributed by atoms with Crippen LogP contribution in [0.1, 0.15) is 21.6 Å². The van der Waals surface area contributed by atoms with Gasteiger partial charge in [-0.3, -0.25) is 0 Å². The van der Waals surface area contributed by atoms with E-state index in [0.29, 0.717) is 10.6 Å². The summed E-state index contributed by atoms with van der Waals surface area (Å²) in [5, 5.41) is 19.5. The molecule has 1 heterocycles. The van der Waals surface area contributed by atoms with Crippen LogP contribution in [0.4, 0.5) is 5.69 Å². The summed E-state index contributed by atoms with van der Waals surface area (Å²) in [4.78, 5) is 11.9. The number of nitriles is 1. The molecule has 0 saturated carbocycles. The molecule has 0 saturated heterocycles. The zero-order valence-corrected chi connectivity index (χ0v) is 12.1. The number of ether oxygens (including phenoxy) is 1. The first kappa shape index (κ1) is 14.8. The van der Waals surface area contributed by atoms with Crippen molar-refractivity contribution in [1.29, 1.82) is 5.26 Å². The third-order valence-corrected chi connectivity index (χ3v) is 3.47. The molecule has 0 amide bonds. The van der Waals surface area contributed by atoms with E-state index in [0.717, 1.165) is 0 Å². The first-order chi connectivity index (χ1) is 9.90. The number of esters is 1. The fraction of sp³-hybridized carbons (Fsp3) is 0.143. The summed E-state index contributed by atoms with van der Waals surface area (Å²) in [6, 6.07) is 4.83. The Labute approximate surface area is 125 Å². The van der Waals surface area contributed by atoms with E-state index >= 15 is 0 Å². The van der Waals surface area contributed by atoms with Gasteiger partial charge < -0.3 is 20.1 Å². The van der Waals surface area contributed by atoms with Crippen LogP contribution >= 0.6 is 11.6 Å². The number of phenolic OH excluding ortho intramolecular Hbond substituents is 1. The molecule has 6 nitrogen and oxygen atoms in total. The van der Waals surface area contributed by atoms with E-state index in [1.807, 2.05) is 6.07 Å². The van der Waals surface area contributed by atoms with Crippen LogP contribution in [0.5, 0.6) is 5.75 Å². The van der Waals surface area contributed by atoms with E-state index in [1.54, 1.807) is 6.92 Å². The topological polar surface area (TPSA) is 101 Å². The van der Waals surface area contributed by atoms with Gasteiger partial charge in [0.2, 0.25) is 0 Å². The van der Waals surface area contributed by atoms with Crippen LogP contribution in [0.15, 0.2) is 18.3 Å². The molecule has 2 aromatic rings. The number of phenols is 1. The van der Waals surface area contributed by atoms with Gasteiger partial charge in [0, 0.05) is 11.2 Å². The highest BCUT2D eigenvalue weighted by Gasteiger charge is 2.23. The molecular weight excluding hydrogens is 294 g/mol. The normalized spacial score (nSPS) is 10.2. The second-order valence-corrected chi connectivity index (χ2v) is 4.78. The van der Waals surface area contributed by atoms with Crippen LogP contribution in [-0.4, -0.2) is 22.8 Å². The summed E-state index contributed by atoms with van der Waals surface area (Å²) in [6.45, 7) is 1.73. The Morgan fingerprint density at radius 3 is 2.76 bits per heavy atom. The number of nitrogens with zero attached hydrogens (tertiary/aromatic N) is 2. The minimum absolute atomic E-state index is 0.0135. The summed E-state index contributed by atoms with van der Waals surface area (Å²) < 4.78 is 5.96. The minimum atomic E-state index is -0.718. The first-order valence-electron chi connectivity index (χ1n) is 5.89. The van der Waals surface area contributed by atoms with Gasteiger partial charge in [-0.1, -0.05) is 11.6 Å². The molecule has 3 N–H and O–H groups in total. The first-order valence-corrected chi connectivity index (χ1v) is 6.27. The van der Waals surface area contributed by atoms with Crippen molar-refractivity contribution in [3.63, 3.8) is 0 Å². The number of methoxy groups -OCH3 is 1. The number of aromatic hydroxyl groups is 1. The van der Waals surface area contributed by atoms with Crippen LogP contribution in [0, 0.1) is 18.3 Å². The molecule has 7 heteroatoms. The van der Waals surface area contributed by atoms with Gasteiger partial charge in [-0.2, -0.15) is 5.26 Å².